The molecule has 1 saturated carbocycles. The van der Waals surface area contributed by atoms with Gasteiger partial charge >= 0.3 is 6.03 Å². The van der Waals surface area contributed by atoms with Crippen molar-refractivity contribution in [2.45, 2.75) is 49.7 Å². The largest absolute Gasteiger partial charge is 0.491 e. The number of aliphatic hydroxyl groups is 1. The van der Waals surface area contributed by atoms with E-state index >= 15 is 0 Å². The van der Waals surface area contributed by atoms with Gasteiger partial charge in [-0.25, -0.2) is 14.3 Å². The third-order valence-corrected chi connectivity index (χ3v) is 9.05. The standard InChI is InChI=1S/C31H35N7O4/c1-21-15-24(42-20-30(8-9-30)22-5-3-2-4-6-22)17-38-28(21)33-27(35-38)25(39)18-37-19-31(34-29(37)41)10-13-36(14-11-31)23-7-12-32-26(40)16-23/h2-7,12,15-17,25,39H,8-11,13-14,18-20H2,1H3,(H,32,40)(H,34,41). The van der Waals surface area contributed by atoms with Crippen LogP contribution in [-0.4, -0.2) is 73.9 Å². The fraction of sp³-hybridized carbons (Fsp3) is 0.419. The molecule has 3 aromatic heterocycles. The normalized spacial score (nSPS) is 19.7. The van der Waals surface area contributed by atoms with E-state index in [0.717, 1.165) is 50.0 Å². The first-order valence-corrected chi connectivity index (χ1v) is 14.6. The van der Waals surface area contributed by atoms with Crippen LogP contribution in [0.3, 0.4) is 0 Å². The Labute approximate surface area is 243 Å². The van der Waals surface area contributed by atoms with Gasteiger partial charge in [-0.05, 0) is 55.9 Å². The van der Waals surface area contributed by atoms with Crippen LogP contribution in [0.1, 0.15) is 48.7 Å². The number of ether oxygens (including phenoxy) is 1. The van der Waals surface area contributed by atoms with Gasteiger partial charge < -0.3 is 29.9 Å². The zero-order valence-electron chi connectivity index (χ0n) is 23.6. The van der Waals surface area contributed by atoms with E-state index < -0.39 is 6.10 Å². The van der Waals surface area contributed by atoms with Gasteiger partial charge in [-0.1, -0.05) is 30.3 Å². The molecule has 7 rings (SSSR count). The van der Waals surface area contributed by atoms with Gasteiger partial charge in [0, 0.05) is 43.0 Å². The molecule has 3 N–H and O–H groups in total. The lowest BCUT2D eigenvalue weighted by Gasteiger charge is -2.39. The Morgan fingerprint density at radius 1 is 1.07 bits per heavy atom. The van der Waals surface area contributed by atoms with Crippen molar-refractivity contribution in [3.05, 3.63) is 88.2 Å². The number of nitrogens with one attached hydrogen (secondary N) is 2. The molecular formula is C31H35N7O4. The number of hydrogen-bond donors (Lipinski definition) is 3. The summed E-state index contributed by atoms with van der Waals surface area (Å²) in [6.45, 7) is 4.60. The average molecular weight is 570 g/mol. The predicted octanol–water partition coefficient (Wildman–Crippen LogP) is 2.93. The first kappa shape index (κ1) is 26.5. The maximum absolute atomic E-state index is 12.9. The number of urea groups is 1. The summed E-state index contributed by atoms with van der Waals surface area (Å²) in [6, 6.07) is 15.7. The fourth-order valence-electron chi connectivity index (χ4n) is 6.36. The first-order valence-electron chi connectivity index (χ1n) is 14.6. The number of β-amino-alcohol motifs (C(OH)–C–C–N with tert-alkyl or cyclic N) is 1. The third kappa shape index (κ3) is 4.98. The van der Waals surface area contributed by atoms with Crippen molar-refractivity contribution in [2.75, 3.05) is 37.7 Å². The van der Waals surface area contributed by atoms with Gasteiger partial charge in [0.2, 0.25) is 5.56 Å². The summed E-state index contributed by atoms with van der Waals surface area (Å²) >= 11 is 0. The zero-order valence-corrected chi connectivity index (χ0v) is 23.6. The summed E-state index contributed by atoms with van der Waals surface area (Å²) in [5.41, 5.74) is 3.32. The number of carbonyl (C=O) groups is 1. The van der Waals surface area contributed by atoms with E-state index in [0.29, 0.717) is 24.5 Å². The van der Waals surface area contributed by atoms with E-state index in [4.69, 9.17) is 4.74 Å². The molecule has 4 aromatic rings. The Kier molecular flexibility index (Phi) is 6.41. The molecule has 1 spiro atoms. The zero-order chi connectivity index (χ0) is 28.9. The highest BCUT2D eigenvalue weighted by atomic mass is 16.5. The number of rotatable bonds is 8. The van der Waals surface area contributed by atoms with E-state index in [9.17, 15) is 14.7 Å². The summed E-state index contributed by atoms with van der Waals surface area (Å²) in [5, 5.41) is 18.8. The minimum Gasteiger partial charge on any atom is -0.491 e. The molecule has 3 fully saturated rings. The summed E-state index contributed by atoms with van der Waals surface area (Å²) in [5.74, 6) is 0.983. The number of aliphatic hydroxyl groups excluding tert-OH is 1. The number of anilines is 1. The van der Waals surface area contributed by atoms with Crippen LogP contribution in [0.25, 0.3) is 5.65 Å². The number of aromatic amines is 1. The Hall–Kier alpha value is -4.38. The quantitative estimate of drug-likeness (QED) is 0.298. The van der Waals surface area contributed by atoms with E-state index in [2.05, 4.69) is 49.5 Å². The number of benzene rings is 1. The number of carbonyl (C=O) groups excluding carboxylic acids is 1. The number of pyridine rings is 2. The lowest BCUT2D eigenvalue weighted by atomic mass is 9.88. The molecule has 11 nitrogen and oxygen atoms in total. The molecular weight excluding hydrogens is 534 g/mol. The van der Waals surface area contributed by atoms with Crippen LogP contribution < -0.4 is 20.5 Å². The number of nitrogens with zero attached hydrogens (tertiary/aromatic N) is 5. The second kappa shape index (κ2) is 10.2. The molecule has 1 atom stereocenters. The van der Waals surface area contributed by atoms with Crippen LogP contribution >= 0.6 is 0 Å². The highest BCUT2D eigenvalue weighted by molar-refractivity contribution is 5.78. The first-order chi connectivity index (χ1) is 20.3. The molecule has 3 aliphatic rings. The second-order valence-electron chi connectivity index (χ2n) is 12.0. The van der Waals surface area contributed by atoms with Gasteiger partial charge in [0.15, 0.2) is 11.5 Å². The van der Waals surface area contributed by atoms with E-state index in [-0.39, 0.29) is 34.9 Å². The van der Waals surface area contributed by atoms with Gasteiger partial charge in [0.1, 0.15) is 11.9 Å². The minimum absolute atomic E-state index is 0.0683. The smallest absolute Gasteiger partial charge is 0.318 e. The fourth-order valence-corrected chi connectivity index (χ4v) is 6.36. The molecule has 1 aliphatic carbocycles. The van der Waals surface area contributed by atoms with Crippen molar-refractivity contribution in [1.29, 1.82) is 0 Å². The van der Waals surface area contributed by atoms with E-state index in [1.165, 1.54) is 5.56 Å². The summed E-state index contributed by atoms with van der Waals surface area (Å²) in [6.07, 6.45) is 6.14. The summed E-state index contributed by atoms with van der Waals surface area (Å²) in [7, 11) is 0. The number of fused-ring (bicyclic) bond motifs is 1. The van der Waals surface area contributed by atoms with Gasteiger partial charge in [-0.3, -0.25) is 4.79 Å². The molecule has 2 saturated heterocycles. The van der Waals surface area contributed by atoms with E-state index in [1.807, 2.05) is 25.1 Å². The highest BCUT2D eigenvalue weighted by Crippen LogP contribution is 2.48. The summed E-state index contributed by atoms with van der Waals surface area (Å²) < 4.78 is 7.89. The Morgan fingerprint density at radius 2 is 1.86 bits per heavy atom. The molecule has 1 unspecified atom stereocenters. The van der Waals surface area contributed by atoms with E-state index in [1.54, 1.807) is 27.9 Å². The Morgan fingerprint density at radius 3 is 2.60 bits per heavy atom. The van der Waals surface area contributed by atoms with Crippen LogP contribution in [0, 0.1) is 6.92 Å². The SMILES string of the molecule is Cc1cc(OCC2(c3ccccc3)CC2)cn2nc(C(O)CN3CC4(CCN(c5cc[nH]c(=O)c5)CC4)NC3=O)nc12. The Balaban J connectivity index is 0.994. The van der Waals surface area contributed by atoms with Crippen molar-refractivity contribution >= 4 is 17.4 Å². The molecule has 1 aromatic carbocycles. The lowest BCUT2D eigenvalue weighted by molar-refractivity contribution is 0.121. The number of aryl methyl sites for hydroxylation is 1. The van der Waals surface area contributed by atoms with Crippen molar-refractivity contribution in [1.82, 2.24) is 29.8 Å². The lowest BCUT2D eigenvalue weighted by Crippen LogP contribution is -2.52. The second-order valence-corrected chi connectivity index (χ2v) is 12.0. The average Bonchev–Trinajstić information content (AvgIpc) is 3.56. The number of amides is 2. The number of hydrogen-bond acceptors (Lipinski definition) is 7. The predicted molar refractivity (Wildman–Crippen MR) is 157 cm³/mol. The van der Waals surface area contributed by atoms with Gasteiger partial charge in [0.05, 0.1) is 24.9 Å². The Bertz CT molecular complexity index is 1670. The maximum atomic E-state index is 12.9. The number of piperidine rings is 1. The minimum atomic E-state index is -1.03. The molecule has 5 heterocycles. The van der Waals surface area contributed by atoms with Crippen LogP contribution in [-0.2, 0) is 5.41 Å². The van der Waals surface area contributed by atoms with Crippen molar-refractivity contribution in [3.63, 3.8) is 0 Å². The van der Waals surface area contributed by atoms with Crippen molar-refractivity contribution in [2.24, 2.45) is 0 Å². The molecule has 218 valence electrons. The molecule has 2 amide bonds. The molecule has 42 heavy (non-hydrogen) atoms. The monoisotopic (exact) mass is 569 g/mol. The van der Waals surface area contributed by atoms with Crippen molar-refractivity contribution < 1.29 is 14.6 Å². The summed E-state index contributed by atoms with van der Waals surface area (Å²) in [4.78, 5) is 35.7. The highest BCUT2D eigenvalue weighted by Gasteiger charge is 2.46. The van der Waals surface area contributed by atoms with Crippen LogP contribution in [0.4, 0.5) is 10.5 Å². The maximum Gasteiger partial charge on any atom is 0.318 e. The van der Waals surface area contributed by atoms with Crippen LogP contribution in [0.2, 0.25) is 0 Å². The molecule has 2 aliphatic heterocycles. The van der Waals surface area contributed by atoms with Crippen LogP contribution in [0.5, 0.6) is 5.75 Å². The number of H-pyrrole nitrogens is 1. The van der Waals surface area contributed by atoms with Crippen molar-refractivity contribution in [3.8, 4) is 5.75 Å². The topological polar surface area (TPSA) is 128 Å². The third-order valence-electron chi connectivity index (χ3n) is 9.05. The number of aromatic nitrogens is 4. The molecule has 11 heteroatoms. The van der Waals surface area contributed by atoms with Gasteiger partial charge in [-0.2, -0.15) is 0 Å². The molecule has 0 radical (unpaired) electrons. The van der Waals surface area contributed by atoms with Gasteiger partial charge in [0.25, 0.3) is 0 Å². The molecule has 0 bridgehead atoms. The van der Waals surface area contributed by atoms with Crippen LogP contribution in [0.15, 0.2) is 65.7 Å². The van der Waals surface area contributed by atoms with Gasteiger partial charge in [-0.15, -0.1) is 5.10 Å².